The Morgan fingerprint density at radius 3 is 2.62 bits per heavy atom. The zero-order valence-corrected chi connectivity index (χ0v) is 14.2. The molecule has 0 radical (unpaired) electrons. The van der Waals surface area contributed by atoms with Gasteiger partial charge in [-0.1, -0.05) is 6.42 Å². The second-order valence-electron chi connectivity index (χ2n) is 6.42. The third kappa shape index (κ3) is 4.66. The van der Waals surface area contributed by atoms with Crippen LogP contribution < -0.4 is 5.32 Å². The molecule has 1 N–H and O–H groups in total. The van der Waals surface area contributed by atoms with Crippen molar-refractivity contribution in [2.75, 3.05) is 34.5 Å². The Labute approximate surface area is 128 Å². The van der Waals surface area contributed by atoms with E-state index in [1.54, 1.807) is 7.11 Å². The van der Waals surface area contributed by atoms with Gasteiger partial charge in [0.1, 0.15) is 5.54 Å². The molecule has 0 saturated heterocycles. The number of carbonyl (C=O) groups excluding carboxylic acids is 1. The Kier molecular flexibility index (Phi) is 7.10. The highest BCUT2D eigenvalue weighted by molar-refractivity contribution is 5.81. The van der Waals surface area contributed by atoms with E-state index < -0.39 is 5.54 Å². The minimum Gasteiger partial charge on any atom is -0.468 e. The van der Waals surface area contributed by atoms with Crippen molar-refractivity contribution in [2.45, 2.75) is 57.1 Å². The molecule has 0 bridgehead atoms. The number of carbonyl (C=O) groups is 1. The fraction of sp³-hybridized carbons (Fsp3) is 0.938. The lowest BCUT2D eigenvalue weighted by atomic mass is 9.85. The van der Waals surface area contributed by atoms with Gasteiger partial charge in [-0.3, -0.25) is 4.79 Å². The van der Waals surface area contributed by atoms with Crippen molar-refractivity contribution in [1.82, 2.24) is 5.32 Å². The summed E-state index contributed by atoms with van der Waals surface area (Å²) in [6.45, 7) is 5.45. The summed E-state index contributed by atoms with van der Waals surface area (Å²) < 4.78 is 16.1. The number of esters is 1. The van der Waals surface area contributed by atoms with Gasteiger partial charge >= 0.3 is 5.97 Å². The summed E-state index contributed by atoms with van der Waals surface area (Å²) in [7, 11) is 5.02. The summed E-state index contributed by atoms with van der Waals surface area (Å²) >= 11 is 0. The average molecular weight is 301 g/mol. The number of rotatable bonds is 9. The molecule has 5 heteroatoms. The van der Waals surface area contributed by atoms with E-state index in [2.05, 4.69) is 19.2 Å². The van der Waals surface area contributed by atoms with Crippen LogP contribution in [-0.2, 0) is 19.0 Å². The maximum absolute atomic E-state index is 12.1. The van der Waals surface area contributed by atoms with Crippen LogP contribution in [-0.4, -0.2) is 51.6 Å². The molecule has 5 nitrogen and oxygen atoms in total. The molecule has 0 aromatic carbocycles. The van der Waals surface area contributed by atoms with E-state index >= 15 is 0 Å². The SMILES string of the molecule is CNC1(C(=O)OC)CCCC1CCOCCC(C)(C)OC. The van der Waals surface area contributed by atoms with Gasteiger partial charge in [-0.25, -0.2) is 0 Å². The van der Waals surface area contributed by atoms with Crippen LogP contribution >= 0.6 is 0 Å². The summed E-state index contributed by atoms with van der Waals surface area (Å²) in [4.78, 5) is 12.1. The standard InChI is InChI=1S/C16H31NO4/c1-15(2,20-5)10-12-21-11-8-13-7-6-9-16(13,17-3)14(18)19-4/h13,17H,6-12H2,1-5H3. The number of ether oxygens (including phenoxy) is 3. The molecule has 0 aromatic rings. The van der Waals surface area contributed by atoms with Crippen LogP contribution in [0.5, 0.6) is 0 Å². The molecule has 0 spiro atoms. The second-order valence-corrected chi connectivity index (χ2v) is 6.42. The van der Waals surface area contributed by atoms with E-state index in [0.29, 0.717) is 13.2 Å². The molecule has 0 amide bonds. The Balaban J connectivity index is 2.38. The zero-order chi connectivity index (χ0) is 15.9. The lowest BCUT2D eigenvalue weighted by Gasteiger charge is -2.32. The van der Waals surface area contributed by atoms with Crippen LogP contribution in [0.4, 0.5) is 0 Å². The van der Waals surface area contributed by atoms with Gasteiger partial charge in [0.05, 0.1) is 12.7 Å². The molecule has 1 saturated carbocycles. The third-order valence-corrected chi connectivity index (χ3v) is 4.83. The normalized spacial score (nSPS) is 26.0. The van der Waals surface area contributed by atoms with Gasteiger partial charge in [-0.15, -0.1) is 0 Å². The highest BCUT2D eigenvalue weighted by Gasteiger charge is 2.48. The molecule has 124 valence electrons. The molecule has 0 aliphatic heterocycles. The molecule has 0 aromatic heterocycles. The fourth-order valence-electron chi connectivity index (χ4n) is 3.10. The van der Waals surface area contributed by atoms with Gasteiger partial charge in [0.25, 0.3) is 0 Å². The maximum atomic E-state index is 12.1. The second kappa shape index (κ2) is 8.11. The number of nitrogens with one attached hydrogen (secondary N) is 1. The van der Waals surface area contributed by atoms with Crippen LogP contribution in [0.3, 0.4) is 0 Å². The monoisotopic (exact) mass is 301 g/mol. The van der Waals surface area contributed by atoms with Crippen LogP contribution in [0.2, 0.25) is 0 Å². The summed E-state index contributed by atoms with van der Waals surface area (Å²) in [5.41, 5.74) is -0.669. The highest BCUT2D eigenvalue weighted by Crippen LogP contribution is 2.38. The van der Waals surface area contributed by atoms with E-state index in [1.165, 1.54) is 7.11 Å². The lowest BCUT2D eigenvalue weighted by Crippen LogP contribution is -2.54. The molecular formula is C16H31NO4. The van der Waals surface area contributed by atoms with Gasteiger partial charge in [-0.05, 0) is 52.5 Å². The van der Waals surface area contributed by atoms with Crippen molar-refractivity contribution in [1.29, 1.82) is 0 Å². The van der Waals surface area contributed by atoms with Crippen molar-refractivity contribution >= 4 is 5.97 Å². The summed E-state index contributed by atoms with van der Waals surface area (Å²) in [6, 6.07) is 0. The number of hydrogen-bond donors (Lipinski definition) is 1. The molecule has 2 atom stereocenters. The van der Waals surface area contributed by atoms with E-state index in [4.69, 9.17) is 14.2 Å². The number of hydrogen-bond acceptors (Lipinski definition) is 5. The average Bonchev–Trinajstić information content (AvgIpc) is 2.90. The third-order valence-electron chi connectivity index (χ3n) is 4.83. The molecule has 2 unspecified atom stereocenters. The van der Waals surface area contributed by atoms with E-state index in [9.17, 15) is 4.79 Å². The first-order valence-electron chi connectivity index (χ1n) is 7.82. The highest BCUT2D eigenvalue weighted by atomic mass is 16.5. The first kappa shape index (κ1) is 18.4. The first-order chi connectivity index (χ1) is 9.91. The number of methoxy groups -OCH3 is 2. The minimum atomic E-state index is -0.524. The van der Waals surface area contributed by atoms with Crippen molar-refractivity contribution in [3.63, 3.8) is 0 Å². The van der Waals surface area contributed by atoms with Gasteiger partial charge in [0, 0.05) is 20.3 Å². The fourth-order valence-corrected chi connectivity index (χ4v) is 3.10. The maximum Gasteiger partial charge on any atom is 0.326 e. The van der Waals surface area contributed by atoms with Gasteiger partial charge in [0.2, 0.25) is 0 Å². The van der Waals surface area contributed by atoms with Gasteiger partial charge in [0.15, 0.2) is 0 Å². The first-order valence-corrected chi connectivity index (χ1v) is 7.82. The van der Waals surface area contributed by atoms with Gasteiger partial charge < -0.3 is 19.5 Å². The van der Waals surface area contributed by atoms with Crippen LogP contribution in [0, 0.1) is 5.92 Å². The predicted octanol–water partition coefficient (Wildman–Crippen LogP) is 2.14. The van der Waals surface area contributed by atoms with Crippen molar-refractivity contribution < 1.29 is 19.0 Å². The molecule has 1 aliphatic carbocycles. The minimum absolute atomic E-state index is 0.145. The van der Waals surface area contributed by atoms with Crippen LogP contribution in [0.1, 0.15) is 46.0 Å². The Morgan fingerprint density at radius 1 is 1.33 bits per heavy atom. The Bertz CT molecular complexity index is 332. The summed E-state index contributed by atoms with van der Waals surface area (Å²) in [5.74, 6) is 0.137. The Hall–Kier alpha value is -0.650. The molecular weight excluding hydrogens is 270 g/mol. The van der Waals surface area contributed by atoms with Crippen molar-refractivity contribution in [2.24, 2.45) is 5.92 Å². The Morgan fingerprint density at radius 2 is 2.05 bits per heavy atom. The molecule has 0 heterocycles. The topological polar surface area (TPSA) is 56.8 Å². The van der Waals surface area contributed by atoms with Crippen LogP contribution in [0.25, 0.3) is 0 Å². The quantitative estimate of drug-likeness (QED) is 0.522. The van der Waals surface area contributed by atoms with Crippen molar-refractivity contribution in [3.8, 4) is 0 Å². The summed E-state index contributed by atoms with van der Waals surface area (Å²) in [5, 5.41) is 3.20. The number of likely N-dealkylation sites (N-methyl/N-ethyl adjacent to an activating group) is 1. The van der Waals surface area contributed by atoms with E-state index in [1.807, 2.05) is 7.05 Å². The van der Waals surface area contributed by atoms with Crippen molar-refractivity contribution in [3.05, 3.63) is 0 Å². The van der Waals surface area contributed by atoms with Crippen LogP contribution in [0.15, 0.2) is 0 Å². The van der Waals surface area contributed by atoms with E-state index in [-0.39, 0.29) is 17.5 Å². The summed E-state index contributed by atoms with van der Waals surface area (Å²) in [6.07, 6.45) is 4.68. The van der Waals surface area contributed by atoms with E-state index in [0.717, 1.165) is 32.1 Å². The molecule has 21 heavy (non-hydrogen) atoms. The predicted molar refractivity (Wildman–Crippen MR) is 82.3 cm³/mol. The largest absolute Gasteiger partial charge is 0.468 e. The zero-order valence-electron chi connectivity index (χ0n) is 14.2. The lowest BCUT2D eigenvalue weighted by molar-refractivity contribution is -0.150. The molecule has 1 rings (SSSR count). The smallest absolute Gasteiger partial charge is 0.326 e. The molecule has 1 fully saturated rings. The molecule has 1 aliphatic rings. The van der Waals surface area contributed by atoms with Gasteiger partial charge in [-0.2, -0.15) is 0 Å².